The summed E-state index contributed by atoms with van der Waals surface area (Å²) in [5.74, 6) is 0.860. The van der Waals surface area contributed by atoms with Crippen molar-refractivity contribution in [1.29, 1.82) is 0 Å². The number of nitrogen functional groups attached to an aromatic ring is 1. The second-order valence-electron chi connectivity index (χ2n) is 3.55. The van der Waals surface area contributed by atoms with Crippen LogP contribution in [0.25, 0.3) is 20.1 Å². The number of thiophene rings is 1. The van der Waals surface area contributed by atoms with Gasteiger partial charge in [-0.3, -0.25) is 0 Å². The van der Waals surface area contributed by atoms with E-state index in [9.17, 15) is 0 Å². The van der Waals surface area contributed by atoms with Gasteiger partial charge in [0.25, 0.3) is 0 Å². The molecule has 0 aliphatic rings. The number of nitrogens with zero attached hydrogens (tertiary/aromatic N) is 1. The van der Waals surface area contributed by atoms with Crippen molar-refractivity contribution >= 4 is 37.9 Å². The fourth-order valence-electron chi connectivity index (χ4n) is 1.61. The van der Waals surface area contributed by atoms with Crippen molar-refractivity contribution in [1.82, 2.24) is 4.98 Å². The van der Waals surface area contributed by atoms with Gasteiger partial charge in [0.1, 0.15) is 10.8 Å². The van der Waals surface area contributed by atoms with Crippen molar-refractivity contribution in [2.24, 2.45) is 0 Å². The van der Waals surface area contributed by atoms with Crippen molar-refractivity contribution < 1.29 is 4.74 Å². The highest BCUT2D eigenvalue weighted by atomic mass is 32.1. The Bertz CT molecular complexity index is 672. The van der Waals surface area contributed by atoms with Crippen LogP contribution in [0.3, 0.4) is 0 Å². The molecular formula is C12H10N2OS2. The van der Waals surface area contributed by atoms with Gasteiger partial charge in [0.05, 0.1) is 27.2 Å². The third-order valence-corrected chi connectivity index (χ3v) is 4.53. The Morgan fingerprint density at radius 1 is 1.18 bits per heavy atom. The van der Waals surface area contributed by atoms with Crippen LogP contribution >= 0.6 is 22.7 Å². The van der Waals surface area contributed by atoms with Crippen molar-refractivity contribution in [3.05, 3.63) is 30.3 Å². The van der Waals surface area contributed by atoms with E-state index in [-0.39, 0.29) is 0 Å². The maximum Gasteiger partial charge on any atom is 0.134 e. The fourth-order valence-corrected chi connectivity index (χ4v) is 3.43. The Morgan fingerprint density at radius 3 is 2.76 bits per heavy atom. The van der Waals surface area contributed by atoms with Crippen LogP contribution in [0, 0.1) is 0 Å². The number of thiazole rings is 1. The fraction of sp³-hybridized carbons (Fsp3) is 0.0833. The van der Waals surface area contributed by atoms with Gasteiger partial charge in [-0.25, -0.2) is 4.98 Å². The molecule has 3 rings (SSSR count). The van der Waals surface area contributed by atoms with Crippen LogP contribution in [0.4, 0.5) is 5.00 Å². The average Bonchev–Trinajstić information content (AvgIpc) is 2.93. The molecule has 0 atom stereocenters. The van der Waals surface area contributed by atoms with Crippen molar-refractivity contribution in [2.45, 2.75) is 0 Å². The van der Waals surface area contributed by atoms with Crippen molar-refractivity contribution in [3.63, 3.8) is 0 Å². The van der Waals surface area contributed by atoms with Gasteiger partial charge in [-0.2, -0.15) is 0 Å². The predicted octanol–water partition coefficient (Wildman–Crippen LogP) is 3.62. The molecule has 0 saturated carbocycles. The molecule has 2 N–H and O–H groups in total. The number of hydrogen-bond acceptors (Lipinski definition) is 5. The molecule has 3 aromatic rings. The van der Waals surface area contributed by atoms with Crippen LogP contribution < -0.4 is 10.5 Å². The summed E-state index contributed by atoms with van der Waals surface area (Å²) in [4.78, 5) is 5.70. The van der Waals surface area contributed by atoms with Crippen LogP contribution in [0.5, 0.6) is 5.75 Å². The number of aromatic nitrogens is 1. The normalized spacial score (nSPS) is 10.9. The zero-order valence-corrected chi connectivity index (χ0v) is 10.8. The lowest BCUT2D eigenvalue weighted by molar-refractivity contribution is 0.415. The summed E-state index contributed by atoms with van der Waals surface area (Å²) in [6, 6.07) is 9.83. The first-order valence-electron chi connectivity index (χ1n) is 5.06. The minimum absolute atomic E-state index is 0.817. The van der Waals surface area contributed by atoms with Crippen LogP contribution in [0.2, 0.25) is 0 Å². The second kappa shape index (κ2) is 4.01. The summed E-state index contributed by atoms with van der Waals surface area (Å²) in [5, 5.41) is 1.83. The molecule has 2 heterocycles. The number of fused-ring (bicyclic) bond motifs is 1. The molecule has 5 heteroatoms. The number of methoxy groups -OCH3 is 1. The lowest BCUT2D eigenvalue weighted by atomic mass is 10.3. The van der Waals surface area contributed by atoms with E-state index >= 15 is 0 Å². The monoisotopic (exact) mass is 262 g/mol. The van der Waals surface area contributed by atoms with Gasteiger partial charge in [0, 0.05) is 0 Å². The maximum absolute atomic E-state index is 5.73. The maximum atomic E-state index is 5.73. The Hall–Kier alpha value is -1.59. The van der Waals surface area contributed by atoms with Gasteiger partial charge < -0.3 is 10.5 Å². The summed E-state index contributed by atoms with van der Waals surface area (Å²) in [6.45, 7) is 0. The molecule has 17 heavy (non-hydrogen) atoms. The predicted molar refractivity (Wildman–Crippen MR) is 73.9 cm³/mol. The molecule has 0 bridgehead atoms. The lowest BCUT2D eigenvalue weighted by Crippen LogP contribution is -1.80. The molecule has 0 fully saturated rings. The second-order valence-corrected chi connectivity index (χ2v) is 5.70. The van der Waals surface area contributed by atoms with E-state index in [1.807, 2.05) is 30.3 Å². The van der Waals surface area contributed by atoms with Crippen LogP contribution in [-0.4, -0.2) is 12.1 Å². The summed E-state index contributed by atoms with van der Waals surface area (Å²) in [5.41, 5.74) is 6.73. The molecule has 2 aromatic heterocycles. The van der Waals surface area contributed by atoms with Gasteiger partial charge in [0.15, 0.2) is 0 Å². The van der Waals surface area contributed by atoms with Crippen LogP contribution in [-0.2, 0) is 0 Å². The minimum atomic E-state index is 0.817. The zero-order chi connectivity index (χ0) is 11.8. The lowest BCUT2D eigenvalue weighted by Gasteiger charge is -1.96. The highest BCUT2D eigenvalue weighted by Crippen LogP contribution is 2.36. The van der Waals surface area contributed by atoms with Crippen molar-refractivity contribution in [2.75, 3.05) is 12.8 Å². The molecule has 0 aliphatic carbocycles. The largest absolute Gasteiger partial charge is 0.497 e. The first-order valence-corrected chi connectivity index (χ1v) is 6.70. The van der Waals surface area contributed by atoms with Gasteiger partial charge in [0.2, 0.25) is 0 Å². The van der Waals surface area contributed by atoms with E-state index in [2.05, 4.69) is 4.98 Å². The molecule has 1 aromatic carbocycles. The standard InChI is InChI=1S/C12H10N2OS2/c1-15-7-2-3-8-10(6-7)17-12(14-8)9-4-5-11(13)16-9/h2-6H,13H2,1H3. The molecule has 0 saturated heterocycles. The number of hydrogen-bond donors (Lipinski definition) is 1. The molecule has 0 amide bonds. The van der Waals surface area contributed by atoms with Gasteiger partial charge in [-0.05, 0) is 30.3 Å². The molecular weight excluding hydrogens is 252 g/mol. The van der Waals surface area contributed by atoms with E-state index in [0.717, 1.165) is 30.9 Å². The Kier molecular flexibility index (Phi) is 2.49. The minimum Gasteiger partial charge on any atom is -0.497 e. The van der Waals surface area contributed by atoms with E-state index < -0.39 is 0 Å². The summed E-state index contributed by atoms with van der Waals surface area (Å²) in [6.07, 6.45) is 0. The summed E-state index contributed by atoms with van der Waals surface area (Å²) >= 11 is 3.22. The van der Waals surface area contributed by atoms with Crippen LogP contribution in [0.15, 0.2) is 30.3 Å². The van der Waals surface area contributed by atoms with Gasteiger partial charge in [-0.1, -0.05) is 0 Å². The molecule has 0 aliphatic heterocycles. The highest BCUT2D eigenvalue weighted by molar-refractivity contribution is 7.26. The van der Waals surface area contributed by atoms with Crippen molar-refractivity contribution in [3.8, 4) is 15.6 Å². The third kappa shape index (κ3) is 1.87. The number of ether oxygens (including phenoxy) is 1. The Morgan fingerprint density at radius 2 is 2.06 bits per heavy atom. The third-order valence-electron chi connectivity index (χ3n) is 2.43. The first kappa shape index (κ1) is 10.6. The van der Waals surface area contributed by atoms with E-state index in [1.165, 1.54) is 0 Å². The number of nitrogens with two attached hydrogens (primary N) is 1. The average molecular weight is 262 g/mol. The smallest absolute Gasteiger partial charge is 0.134 e. The summed E-state index contributed by atoms with van der Waals surface area (Å²) in [7, 11) is 1.67. The number of benzene rings is 1. The van der Waals surface area contributed by atoms with E-state index in [0.29, 0.717) is 0 Å². The van der Waals surface area contributed by atoms with Crippen LogP contribution in [0.1, 0.15) is 0 Å². The SMILES string of the molecule is COc1ccc2nc(-c3ccc(N)s3)sc2c1. The topological polar surface area (TPSA) is 48.1 Å². The molecule has 0 spiro atoms. The highest BCUT2D eigenvalue weighted by Gasteiger charge is 2.08. The molecule has 0 unspecified atom stereocenters. The number of rotatable bonds is 2. The van der Waals surface area contributed by atoms with E-state index in [1.54, 1.807) is 29.8 Å². The Balaban J connectivity index is 2.13. The summed E-state index contributed by atoms with van der Waals surface area (Å²) < 4.78 is 6.33. The number of anilines is 1. The quantitative estimate of drug-likeness (QED) is 0.767. The molecule has 86 valence electrons. The van der Waals surface area contributed by atoms with Gasteiger partial charge >= 0.3 is 0 Å². The Labute approximate surface area is 106 Å². The zero-order valence-electron chi connectivity index (χ0n) is 9.14. The first-order chi connectivity index (χ1) is 8.26. The van der Waals surface area contributed by atoms with Gasteiger partial charge in [-0.15, -0.1) is 22.7 Å². The van der Waals surface area contributed by atoms with E-state index in [4.69, 9.17) is 10.5 Å². The molecule has 3 nitrogen and oxygen atoms in total. The molecule has 0 radical (unpaired) electrons.